The summed E-state index contributed by atoms with van der Waals surface area (Å²) in [4.78, 5) is 17.4. The quantitative estimate of drug-likeness (QED) is 0.525. The summed E-state index contributed by atoms with van der Waals surface area (Å²) in [7, 11) is -3.93. The summed E-state index contributed by atoms with van der Waals surface area (Å²) in [5.41, 5.74) is -1.25. The molecular formula is C26H40FN5O4S. The molecule has 0 saturated carbocycles. The Kier molecular flexibility index (Phi) is 7.83. The van der Waals surface area contributed by atoms with Crippen molar-refractivity contribution < 1.29 is 22.3 Å². The zero-order chi connectivity index (χ0) is 28.0. The largest absolute Gasteiger partial charge is 0.460 e. The van der Waals surface area contributed by atoms with Gasteiger partial charge in [0.15, 0.2) is 21.5 Å². The van der Waals surface area contributed by atoms with Gasteiger partial charge in [0.2, 0.25) is 0 Å². The molecule has 2 atom stereocenters. The predicted molar refractivity (Wildman–Crippen MR) is 141 cm³/mol. The Morgan fingerprint density at radius 2 is 1.89 bits per heavy atom. The smallest absolute Gasteiger partial charge is 0.313 e. The lowest BCUT2D eigenvalue weighted by Crippen LogP contribution is -2.50. The molecule has 2 aromatic heterocycles. The fourth-order valence-electron chi connectivity index (χ4n) is 4.80. The molecule has 0 aromatic carbocycles. The van der Waals surface area contributed by atoms with Crippen molar-refractivity contribution in [2.24, 2.45) is 5.41 Å². The van der Waals surface area contributed by atoms with Crippen molar-refractivity contribution in [1.29, 1.82) is 0 Å². The number of aromatic nitrogens is 3. The van der Waals surface area contributed by atoms with Crippen LogP contribution in [0.2, 0.25) is 0 Å². The fourth-order valence-corrected chi connectivity index (χ4v) is 5.57. The number of esters is 1. The summed E-state index contributed by atoms with van der Waals surface area (Å²) in [6, 6.07) is 2.97. The summed E-state index contributed by atoms with van der Waals surface area (Å²) in [5.74, 6) is -0.794. The molecule has 206 valence electrons. The van der Waals surface area contributed by atoms with Crippen molar-refractivity contribution in [3.05, 3.63) is 29.3 Å². The predicted octanol–water partition coefficient (Wildman–Crippen LogP) is 4.27. The maximum absolute atomic E-state index is 15.7. The van der Waals surface area contributed by atoms with Crippen molar-refractivity contribution in [3.8, 4) is 0 Å². The summed E-state index contributed by atoms with van der Waals surface area (Å²) in [5, 5.41) is 10.9. The SMILES string of the molecule is Cc1cc(Nc2cc(S(C)(=O)=O)c(F)c(CC3(C(=O)OC(C)(C)C)CCNC(C)C3)n2)nn1C(C)(C)C. The minimum Gasteiger partial charge on any atom is -0.460 e. The van der Waals surface area contributed by atoms with Gasteiger partial charge in [0.25, 0.3) is 0 Å². The lowest BCUT2D eigenvalue weighted by molar-refractivity contribution is -0.170. The first-order chi connectivity index (χ1) is 16.8. The Morgan fingerprint density at radius 3 is 2.41 bits per heavy atom. The Bertz CT molecular complexity index is 1280. The van der Waals surface area contributed by atoms with Crippen LogP contribution in [0.25, 0.3) is 0 Å². The van der Waals surface area contributed by atoms with Crippen LogP contribution in [-0.2, 0) is 31.3 Å². The van der Waals surface area contributed by atoms with Crippen molar-refractivity contribution in [2.75, 3.05) is 18.1 Å². The minimum atomic E-state index is -3.93. The number of carbonyl (C=O) groups is 1. The molecule has 1 saturated heterocycles. The number of nitrogens with one attached hydrogen (secondary N) is 2. The second kappa shape index (κ2) is 9.98. The molecule has 1 aliphatic rings. The van der Waals surface area contributed by atoms with Crippen molar-refractivity contribution in [2.45, 2.75) is 96.7 Å². The van der Waals surface area contributed by atoms with Gasteiger partial charge in [-0.1, -0.05) is 0 Å². The van der Waals surface area contributed by atoms with E-state index in [0.717, 1.165) is 11.9 Å². The highest BCUT2D eigenvalue weighted by molar-refractivity contribution is 7.90. The van der Waals surface area contributed by atoms with Crippen LogP contribution in [0.5, 0.6) is 0 Å². The van der Waals surface area contributed by atoms with Crippen LogP contribution in [0, 0.1) is 18.2 Å². The van der Waals surface area contributed by atoms with Crippen LogP contribution >= 0.6 is 0 Å². The number of anilines is 2. The lowest BCUT2D eigenvalue weighted by Gasteiger charge is -2.40. The van der Waals surface area contributed by atoms with E-state index in [1.165, 1.54) is 6.07 Å². The number of sulfone groups is 1. The number of ether oxygens (including phenoxy) is 1. The summed E-state index contributed by atoms with van der Waals surface area (Å²) in [6.45, 7) is 15.8. The molecule has 0 spiro atoms. The first-order valence-corrected chi connectivity index (χ1v) is 14.4. The van der Waals surface area contributed by atoms with Gasteiger partial charge in [-0.15, -0.1) is 0 Å². The number of hydrogen-bond acceptors (Lipinski definition) is 8. The number of piperidine rings is 1. The van der Waals surface area contributed by atoms with Gasteiger partial charge in [-0.2, -0.15) is 5.10 Å². The third-order valence-corrected chi connectivity index (χ3v) is 7.40. The van der Waals surface area contributed by atoms with E-state index in [1.54, 1.807) is 20.8 Å². The molecule has 3 heterocycles. The molecule has 2 aromatic rings. The highest BCUT2D eigenvalue weighted by atomic mass is 32.2. The normalized spacial score (nSPS) is 21.1. The maximum Gasteiger partial charge on any atom is 0.313 e. The average molecular weight is 538 g/mol. The summed E-state index contributed by atoms with van der Waals surface area (Å²) >= 11 is 0. The number of aryl methyl sites for hydroxylation is 1. The lowest BCUT2D eigenvalue weighted by atomic mass is 9.72. The molecule has 37 heavy (non-hydrogen) atoms. The molecule has 2 N–H and O–H groups in total. The molecule has 0 amide bonds. The summed E-state index contributed by atoms with van der Waals surface area (Å²) < 4.78 is 48.3. The van der Waals surface area contributed by atoms with Gasteiger partial charge in [-0.25, -0.2) is 17.8 Å². The zero-order valence-electron chi connectivity index (χ0n) is 23.3. The monoisotopic (exact) mass is 537 g/mol. The van der Waals surface area contributed by atoms with Crippen LogP contribution in [0.1, 0.15) is 72.7 Å². The topological polar surface area (TPSA) is 115 Å². The average Bonchev–Trinajstić information content (AvgIpc) is 3.08. The number of rotatable bonds is 6. The van der Waals surface area contributed by atoms with E-state index in [1.807, 2.05) is 45.4 Å². The van der Waals surface area contributed by atoms with Crippen molar-refractivity contribution >= 4 is 27.4 Å². The van der Waals surface area contributed by atoms with E-state index in [-0.39, 0.29) is 29.5 Å². The molecule has 0 bridgehead atoms. The van der Waals surface area contributed by atoms with Gasteiger partial charge in [0.1, 0.15) is 16.3 Å². The number of halogens is 1. The molecule has 1 fully saturated rings. The molecule has 3 rings (SSSR count). The summed E-state index contributed by atoms with van der Waals surface area (Å²) in [6.07, 6.45) is 1.68. The standard InChI is InChI=1S/C26H40FN5O4S/c1-16-14-26(10-11-28-16,23(33)36-25(6,7)8)15-18-22(27)19(37(9,34)35)13-20(29-18)30-21-12-17(2)32(31-21)24(3,4)5/h12-13,16,28H,10-11,14-15H2,1-9H3,(H,29,30,31). The highest BCUT2D eigenvalue weighted by Gasteiger charge is 2.46. The van der Waals surface area contributed by atoms with E-state index in [0.29, 0.717) is 25.2 Å². The van der Waals surface area contributed by atoms with E-state index in [2.05, 4.69) is 20.7 Å². The van der Waals surface area contributed by atoms with Crippen molar-refractivity contribution in [1.82, 2.24) is 20.1 Å². The second-order valence-corrected chi connectivity index (χ2v) is 14.2. The van der Waals surface area contributed by atoms with E-state index >= 15 is 4.39 Å². The molecule has 2 unspecified atom stereocenters. The molecule has 11 heteroatoms. The third kappa shape index (κ3) is 6.87. The van der Waals surface area contributed by atoms with Crippen molar-refractivity contribution in [3.63, 3.8) is 0 Å². The van der Waals surface area contributed by atoms with Crippen LogP contribution in [0.15, 0.2) is 17.0 Å². The first kappa shape index (κ1) is 29.0. The van der Waals surface area contributed by atoms with Gasteiger partial charge in [-0.05, 0) is 74.8 Å². The minimum absolute atomic E-state index is 0.00986. The number of hydrogen-bond donors (Lipinski definition) is 2. The van der Waals surface area contributed by atoms with Crippen LogP contribution in [0.3, 0.4) is 0 Å². The third-order valence-electron chi connectivity index (χ3n) is 6.30. The van der Waals surface area contributed by atoms with E-state index in [9.17, 15) is 13.2 Å². The Morgan fingerprint density at radius 1 is 1.24 bits per heavy atom. The molecular weight excluding hydrogens is 497 g/mol. The van der Waals surface area contributed by atoms with Gasteiger partial charge in [0.05, 0.1) is 16.6 Å². The van der Waals surface area contributed by atoms with E-state index in [4.69, 9.17) is 4.74 Å². The second-order valence-electron chi connectivity index (χ2n) is 12.2. The van der Waals surface area contributed by atoms with Gasteiger partial charge >= 0.3 is 5.97 Å². The molecule has 1 aliphatic heterocycles. The first-order valence-electron chi connectivity index (χ1n) is 12.5. The molecule has 0 aliphatic carbocycles. The Labute approximate surface area is 219 Å². The molecule has 0 radical (unpaired) electrons. The van der Waals surface area contributed by atoms with Crippen LogP contribution in [0.4, 0.5) is 16.0 Å². The number of carbonyl (C=O) groups excluding carboxylic acids is 1. The maximum atomic E-state index is 15.7. The Hall–Kier alpha value is -2.53. The fraction of sp³-hybridized carbons (Fsp3) is 0.654. The Balaban J connectivity index is 2.09. The van der Waals surface area contributed by atoms with Gasteiger partial charge in [-0.3, -0.25) is 9.48 Å². The van der Waals surface area contributed by atoms with E-state index < -0.39 is 37.5 Å². The number of pyridine rings is 1. The van der Waals surface area contributed by atoms with Gasteiger partial charge in [0, 0.05) is 36.5 Å². The zero-order valence-corrected chi connectivity index (χ0v) is 24.1. The highest BCUT2D eigenvalue weighted by Crippen LogP contribution is 2.39. The van der Waals surface area contributed by atoms with Crippen LogP contribution in [-0.4, -0.2) is 53.6 Å². The number of nitrogens with zero attached hydrogens (tertiary/aromatic N) is 3. The van der Waals surface area contributed by atoms with Gasteiger partial charge < -0.3 is 15.4 Å². The molecule has 9 nitrogen and oxygen atoms in total. The van der Waals surface area contributed by atoms with Crippen LogP contribution < -0.4 is 10.6 Å².